The van der Waals surface area contributed by atoms with E-state index in [2.05, 4.69) is 23.7 Å². The van der Waals surface area contributed by atoms with E-state index in [1.807, 2.05) is 24.3 Å². The molecule has 0 amide bonds. The fourth-order valence-electron chi connectivity index (χ4n) is 3.02. The number of hydrogen-bond acceptors (Lipinski definition) is 4. The lowest BCUT2D eigenvalue weighted by atomic mass is 10.1. The van der Waals surface area contributed by atoms with Gasteiger partial charge in [-0.3, -0.25) is 14.9 Å². The van der Waals surface area contributed by atoms with Gasteiger partial charge in [0.25, 0.3) is 5.69 Å². The highest BCUT2D eigenvalue weighted by Crippen LogP contribution is 2.24. The molecule has 0 atom stereocenters. The average Bonchev–Trinajstić information content (AvgIpc) is 2.79. The molecular weight excluding hydrogens is 406 g/mol. The first-order valence-corrected chi connectivity index (χ1v) is 10.7. The van der Waals surface area contributed by atoms with Gasteiger partial charge in [-0.2, -0.15) is 0 Å². The number of benzene rings is 2. The number of unbranched alkanes of at least 4 members (excludes halogenated alkanes) is 6. The van der Waals surface area contributed by atoms with Crippen LogP contribution in [0.5, 0.6) is 5.75 Å². The summed E-state index contributed by atoms with van der Waals surface area (Å²) in [5, 5.41) is 19.3. The van der Waals surface area contributed by atoms with Crippen molar-refractivity contribution in [2.24, 2.45) is 0 Å². The SMILES string of the molecule is O=C(O)CCCCCCCCC#CC#CCOc1ccc(-c2ccc([N+](=O)[O-])cc2)cc1. The van der Waals surface area contributed by atoms with E-state index in [4.69, 9.17) is 9.84 Å². The van der Waals surface area contributed by atoms with E-state index < -0.39 is 10.9 Å². The molecule has 2 aromatic rings. The molecule has 166 valence electrons. The van der Waals surface area contributed by atoms with Crippen LogP contribution in [0.4, 0.5) is 5.69 Å². The van der Waals surface area contributed by atoms with Crippen LogP contribution in [0.2, 0.25) is 0 Å². The van der Waals surface area contributed by atoms with Gasteiger partial charge in [0.15, 0.2) is 0 Å². The lowest BCUT2D eigenvalue weighted by Gasteiger charge is -2.04. The van der Waals surface area contributed by atoms with Crippen molar-refractivity contribution < 1.29 is 19.6 Å². The number of carboxylic acids is 1. The first kappa shape index (κ1) is 24.5. The number of nitro benzene ring substituents is 1. The van der Waals surface area contributed by atoms with Gasteiger partial charge in [0.2, 0.25) is 0 Å². The van der Waals surface area contributed by atoms with Crippen molar-refractivity contribution >= 4 is 11.7 Å². The van der Waals surface area contributed by atoms with E-state index in [0.29, 0.717) is 5.75 Å². The second-order valence-electron chi connectivity index (χ2n) is 7.24. The van der Waals surface area contributed by atoms with E-state index in [1.165, 1.54) is 12.1 Å². The summed E-state index contributed by atoms with van der Waals surface area (Å²) in [6, 6.07) is 13.9. The molecule has 0 aromatic heterocycles. The number of carbonyl (C=O) groups is 1. The van der Waals surface area contributed by atoms with Crippen LogP contribution in [0, 0.1) is 33.8 Å². The Balaban J connectivity index is 1.61. The molecule has 0 saturated carbocycles. The van der Waals surface area contributed by atoms with Crippen LogP contribution >= 0.6 is 0 Å². The molecule has 0 saturated heterocycles. The summed E-state index contributed by atoms with van der Waals surface area (Å²) in [5.41, 5.74) is 1.92. The smallest absolute Gasteiger partial charge is 0.303 e. The topological polar surface area (TPSA) is 89.7 Å². The van der Waals surface area contributed by atoms with Gasteiger partial charge in [-0.1, -0.05) is 43.7 Å². The number of ether oxygens (including phenoxy) is 1. The summed E-state index contributed by atoms with van der Waals surface area (Å²) in [4.78, 5) is 20.7. The maximum atomic E-state index is 10.7. The maximum Gasteiger partial charge on any atom is 0.303 e. The molecule has 0 bridgehead atoms. The highest BCUT2D eigenvalue weighted by Gasteiger charge is 2.05. The van der Waals surface area contributed by atoms with E-state index in [9.17, 15) is 14.9 Å². The van der Waals surface area contributed by atoms with Crippen LogP contribution in [-0.4, -0.2) is 22.6 Å². The molecule has 2 rings (SSSR count). The normalized spacial score (nSPS) is 9.75. The monoisotopic (exact) mass is 433 g/mol. The summed E-state index contributed by atoms with van der Waals surface area (Å²) in [7, 11) is 0. The van der Waals surface area contributed by atoms with Crippen molar-refractivity contribution in [3.05, 3.63) is 58.6 Å². The van der Waals surface area contributed by atoms with Gasteiger partial charge in [-0.25, -0.2) is 0 Å². The highest BCUT2D eigenvalue weighted by molar-refractivity contribution is 5.66. The van der Waals surface area contributed by atoms with E-state index >= 15 is 0 Å². The molecular formula is C26H27NO5. The van der Waals surface area contributed by atoms with Crippen molar-refractivity contribution in [3.8, 4) is 40.6 Å². The zero-order valence-corrected chi connectivity index (χ0v) is 18.0. The number of rotatable bonds is 12. The molecule has 32 heavy (non-hydrogen) atoms. The van der Waals surface area contributed by atoms with Gasteiger partial charge < -0.3 is 9.84 Å². The maximum absolute atomic E-state index is 10.7. The number of non-ortho nitro benzene ring substituents is 1. The second kappa shape index (κ2) is 14.3. The Morgan fingerprint density at radius 3 is 2.03 bits per heavy atom. The minimum Gasteiger partial charge on any atom is -0.481 e. The number of nitro groups is 1. The Bertz CT molecular complexity index is 989. The molecule has 6 heteroatoms. The van der Waals surface area contributed by atoms with Crippen LogP contribution in [0.1, 0.15) is 51.4 Å². The second-order valence-corrected chi connectivity index (χ2v) is 7.24. The van der Waals surface area contributed by atoms with Gasteiger partial charge in [-0.15, -0.1) is 0 Å². The molecule has 2 aromatic carbocycles. The van der Waals surface area contributed by atoms with E-state index in [0.717, 1.165) is 56.1 Å². The van der Waals surface area contributed by atoms with Crippen LogP contribution in [-0.2, 0) is 4.79 Å². The van der Waals surface area contributed by atoms with Crippen molar-refractivity contribution in [2.75, 3.05) is 6.61 Å². The Morgan fingerprint density at radius 1 is 0.844 bits per heavy atom. The quantitative estimate of drug-likeness (QED) is 0.196. The molecule has 6 nitrogen and oxygen atoms in total. The third-order valence-corrected chi connectivity index (χ3v) is 4.76. The molecule has 0 heterocycles. The fourth-order valence-corrected chi connectivity index (χ4v) is 3.02. The van der Waals surface area contributed by atoms with Crippen molar-refractivity contribution in [3.63, 3.8) is 0 Å². The highest BCUT2D eigenvalue weighted by atomic mass is 16.6. The van der Waals surface area contributed by atoms with Crippen LogP contribution in [0.25, 0.3) is 11.1 Å². The van der Waals surface area contributed by atoms with Crippen LogP contribution in [0.3, 0.4) is 0 Å². The Labute approximate surface area is 188 Å². The molecule has 0 aliphatic rings. The largest absolute Gasteiger partial charge is 0.481 e. The van der Waals surface area contributed by atoms with Gasteiger partial charge in [0.05, 0.1) is 4.92 Å². The molecule has 0 fully saturated rings. The Hall–Kier alpha value is -3.77. The Kier molecular flexibility index (Phi) is 10.9. The minimum atomic E-state index is -0.718. The summed E-state index contributed by atoms with van der Waals surface area (Å²) in [5.74, 6) is 11.5. The minimum absolute atomic E-state index is 0.0698. The molecule has 0 spiro atoms. The van der Waals surface area contributed by atoms with E-state index in [-0.39, 0.29) is 18.7 Å². The number of aliphatic carboxylic acids is 1. The standard InChI is InChI=1S/C26H27NO5/c28-26(29)12-10-8-6-4-2-1-3-5-7-9-11-21-32-25-19-15-23(16-20-25)22-13-17-24(18-14-22)27(30)31/h13-20H,1-4,6,8,10,12,21H2,(H,28,29). The van der Waals surface area contributed by atoms with Crippen LogP contribution in [0.15, 0.2) is 48.5 Å². The predicted molar refractivity (Wildman–Crippen MR) is 124 cm³/mol. The van der Waals surface area contributed by atoms with Gasteiger partial charge in [-0.05, 0) is 66.0 Å². The Morgan fingerprint density at radius 2 is 1.41 bits per heavy atom. The average molecular weight is 434 g/mol. The lowest BCUT2D eigenvalue weighted by molar-refractivity contribution is -0.384. The van der Waals surface area contributed by atoms with Crippen molar-refractivity contribution in [2.45, 2.75) is 51.4 Å². The number of hydrogen-bond donors (Lipinski definition) is 1. The van der Waals surface area contributed by atoms with Crippen molar-refractivity contribution in [1.29, 1.82) is 0 Å². The van der Waals surface area contributed by atoms with Gasteiger partial charge >= 0.3 is 5.97 Å². The first-order valence-electron chi connectivity index (χ1n) is 10.7. The van der Waals surface area contributed by atoms with Gasteiger partial charge in [0, 0.05) is 25.0 Å². The predicted octanol–water partition coefficient (Wildman–Crippen LogP) is 5.85. The van der Waals surface area contributed by atoms with Gasteiger partial charge in [0.1, 0.15) is 12.4 Å². The zero-order chi connectivity index (χ0) is 23.0. The number of carboxylic acid groups (broad SMARTS) is 1. The fraction of sp³-hybridized carbons (Fsp3) is 0.346. The summed E-state index contributed by atoms with van der Waals surface area (Å²) >= 11 is 0. The molecule has 0 aliphatic heterocycles. The summed E-state index contributed by atoms with van der Waals surface area (Å²) in [6.45, 7) is 0.252. The third kappa shape index (κ3) is 9.82. The molecule has 0 aliphatic carbocycles. The molecule has 1 N–H and O–H groups in total. The van der Waals surface area contributed by atoms with Crippen LogP contribution < -0.4 is 4.74 Å². The summed E-state index contributed by atoms with van der Waals surface area (Å²) < 4.78 is 5.59. The zero-order valence-electron chi connectivity index (χ0n) is 18.0. The third-order valence-electron chi connectivity index (χ3n) is 4.76. The summed E-state index contributed by atoms with van der Waals surface area (Å²) in [6.07, 6.45) is 7.14. The van der Waals surface area contributed by atoms with Crippen molar-refractivity contribution in [1.82, 2.24) is 0 Å². The molecule has 0 radical (unpaired) electrons. The number of nitrogens with zero attached hydrogens (tertiary/aromatic N) is 1. The first-order chi connectivity index (χ1) is 15.6. The lowest BCUT2D eigenvalue weighted by Crippen LogP contribution is -1.93. The molecule has 0 unspecified atom stereocenters. The van der Waals surface area contributed by atoms with E-state index in [1.54, 1.807) is 12.1 Å².